The molecule has 70 valence electrons. The maximum Gasteiger partial charge on any atom is 0.281 e. The van der Waals surface area contributed by atoms with E-state index in [-0.39, 0.29) is 4.90 Å². The van der Waals surface area contributed by atoms with Crippen molar-refractivity contribution in [2.75, 3.05) is 5.73 Å². The Labute approximate surface area is 77.2 Å². The smallest absolute Gasteiger partial charge is 0.281 e. The highest BCUT2D eigenvalue weighted by atomic mass is 32.2. The van der Waals surface area contributed by atoms with E-state index in [0.29, 0.717) is 5.69 Å². The van der Waals surface area contributed by atoms with Crippen molar-refractivity contribution in [1.82, 2.24) is 0 Å². The van der Waals surface area contributed by atoms with Gasteiger partial charge in [-0.25, -0.2) is 0 Å². The molecule has 5 heteroatoms. The van der Waals surface area contributed by atoms with Crippen LogP contribution < -0.4 is 5.73 Å². The van der Waals surface area contributed by atoms with E-state index < -0.39 is 10.0 Å². The van der Waals surface area contributed by atoms with Crippen LogP contribution in [0.3, 0.4) is 0 Å². The van der Waals surface area contributed by atoms with Crippen molar-refractivity contribution in [3.63, 3.8) is 0 Å². The average molecular weight is 198 g/mol. The van der Waals surface area contributed by atoms with Gasteiger partial charge in [0, 0.05) is 11.9 Å². The molecule has 0 radical (unpaired) electrons. The van der Waals surface area contributed by atoms with E-state index >= 15 is 0 Å². The Kier molecular flexibility index (Phi) is 2.67. The second kappa shape index (κ2) is 3.57. The lowest BCUT2D eigenvalue weighted by Gasteiger charge is -1.97. The Bertz CT molecular complexity index is 406. The second-order valence-corrected chi connectivity index (χ2v) is 4.04. The first-order chi connectivity index (χ1) is 6.06. The number of rotatable bonds is 2. The lowest BCUT2D eigenvalue weighted by atomic mass is 10.3. The SMILES string of the molecule is CC=NS(=O)(=O)c1ccc(N)cc1. The topological polar surface area (TPSA) is 72.5 Å². The van der Waals surface area contributed by atoms with Gasteiger partial charge < -0.3 is 5.73 Å². The van der Waals surface area contributed by atoms with Gasteiger partial charge in [0.2, 0.25) is 0 Å². The lowest BCUT2D eigenvalue weighted by Crippen LogP contribution is -1.96. The van der Waals surface area contributed by atoms with Gasteiger partial charge in [-0.1, -0.05) is 0 Å². The van der Waals surface area contributed by atoms with Crippen LogP contribution in [0, 0.1) is 0 Å². The van der Waals surface area contributed by atoms with Crippen LogP contribution in [0.25, 0.3) is 0 Å². The minimum absolute atomic E-state index is 0.153. The van der Waals surface area contributed by atoms with Gasteiger partial charge in [-0.15, -0.1) is 0 Å². The zero-order valence-corrected chi connectivity index (χ0v) is 7.95. The minimum atomic E-state index is -3.51. The van der Waals surface area contributed by atoms with E-state index in [4.69, 9.17) is 5.73 Å². The van der Waals surface area contributed by atoms with Crippen molar-refractivity contribution >= 4 is 21.9 Å². The summed E-state index contributed by atoms with van der Waals surface area (Å²) in [5.74, 6) is 0. The molecule has 0 aromatic heterocycles. The number of nitrogen functional groups attached to an aromatic ring is 1. The van der Waals surface area contributed by atoms with Gasteiger partial charge in [0.05, 0.1) is 4.90 Å². The summed E-state index contributed by atoms with van der Waals surface area (Å²) in [7, 11) is -3.51. The molecule has 0 spiro atoms. The molecule has 2 N–H and O–H groups in total. The number of nitrogens with zero attached hydrogens (tertiary/aromatic N) is 1. The first kappa shape index (κ1) is 9.73. The summed E-state index contributed by atoms with van der Waals surface area (Å²) < 4.78 is 26.0. The Morgan fingerprint density at radius 3 is 2.31 bits per heavy atom. The molecule has 0 aliphatic carbocycles. The number of benzene rings is 1. The van der Waals surface area contributed by atoms with Crippen LogP contribution >= 0.6 is 0 Å². The molecule has 13 heavy (non-hydrogen) atoms. The van der Waals surface area contributed by atoms with Crippen LogP contribution in [0.5, 0.6) is 0 Å². The van der Waals surface area contributed by atoms with Crippen molar-refractivity contribution < 1.29 is 8.42 Å². The highest BCUT2D eigenvalue weighted by Gasteiger charge is 2.09. The third kappa shape index (κ3) is 2.29. The van der Waals surface area contributed by atoms with Gasteiger partial charge in [0.25, 0.3) is 10.0 Å². The molecular formula is C8H10N2O2S. The van der Waals surface area contributed by atoms with E-state index in [2.05, 4.69) is 4.40 Å². The van der Waals surface area contributed by atoms with Gasteiger partial charge in [0.15, 0.2) is 0 Å². The number of sulfonamides is 1. The minimum Gasteiger partial charge on any atom is -0.399 e. The van der Waals surface area contributed by atoms with Gasteiger partial charge in [0.1, 0.15) is 0 Å². The molecule has 4 nitrogen and oxygen atoms in total. The molecule has 0 saturated heterocycles. The van der Waals surface area contributed by atoms with Crippen molar-refractivity contribution in [1.29, 1.82) is 0 Å². The highest BCUT2D eigenvalue weighted by molar-refractivity contribution is 7.90. The van der Waals surface area contributed by atoms with Crippen molar-refractivity contribution in [2.45, 2.75) is 11.8 Å². The predicted molar refractivity (Wildman–Crippen MR) is 52.2 cm³/mol. The van der Waals surface area contributed by atoms with Crippen LogP contribution in [-0.2, 0) is 10.0 Å². The van der Waals surface area contributed by atoms with Gasteiger partial charge in [-0.05, 0) is 31.2 Å². The fraction of sp³-hybridized carbons (Fsp3) is 0.125. The maximum absolute atomic E-state index is 11.3. The van der Waals surface area contributed by atoms with Crippen LogP contribution in [0.4, 0.5) is 5.69 Å². The molecule has 0 bridgehead atoms. The van der Waals surface area contributed by atoms with E-state index in [9.17, 15) is 8.42 Å². The molecule has 0 atom stereocenters. The van der Waals surface area contributed by atoms with Gasteiger partial charge in [-0.3, -0.25) is 0 Å². The molecule has 1 rings (SSSR count). The number of hydrogen-bond donors (Lipinski definition) is 1. The fourth-order valence-corrected chi connectivity index (χ4v) is 1.72. The van der Waals surface area contributed by atoms with Crippen LogP contribution in [0.1, 0.15) is 6.92 Å². The normalized spacial score (nSPS) is 12.1. The first-order valence-corrected chi connectivity index (χ1v) is 5.11. The molecule has 0 fully saturated rings. The number of anilines is 1. The molecule has 0 aliphatic rings. The largest absolute Gasteiger partial charge is 0.399 e. The Hall–Kier alpha value is -1.36. The summed E-state index contributed by atoms with van der Waals surface area (Å²) in [6.07, 6.45) is 1.24. The molecule has 0 unspecified atom stereocenters. The van der Waals surface area contributed by atoms with Gasteiger partial charge in [-0.2, -0.15) is 12.8 Å². The van der Waals surface area contributed by atoms with Crippen molar-refractivity contribution in [3.05, 3.63) is 24.3 Å². The van der Waals surface area contributed by atoms with Crippen molar-refractivity contribution in [3.8, 4) is 0 Å². The molecular weight excluding hydrogens is 188 g/mol. The summed E-state index contributed by atoms with van der Waals surface area (Å²) >= 11 is 0. The molecule has 0 heterocycles. The van der Waals surface area contributed by atoms with E-state index in [1.54, 1.807) is 6.92 Å². The quantitative estimate of drug-likeness (QED) is 0.570. The number of nitrogens with two attached hydrogens (primary N) is 1. The van der Waals surface area contributed by atoms with Crippen molar-refractivity contribution in [2.24, 2.45) is 4.40 Å². The first-order valence-electron chi connectivity index (χ1n) is 3.67. The van der Waals surface area contributed by atoms with E-state index in [1.807, 2.05) is 0 Å². The second-order valence-electron chi connectivity index (χ2n) is 2.41. The molecule has 0 saturated carbocycles. The third-order valence-corrected chi connectivity index (χ3v) is 2.78. The summed E-state index contributed by atoms with van der Waals surface area (Å²) in [6, 6.07) is 5.91. The maximum atomic E-state index is 11.3. The summed E-state index contributed by atoms with van der Waals surface area (Å²) in [5.41, 5.74) is 5.94. The highest BCUT2D eigenvalue weighted by Crippen LogP contribution is 2.13. The summed E-state index contributed by atoms with van der Waals surface area (Å²) in [5, 5.41) is 0. The van der Waals surface area contributed by atoms with E-state index in [0.717, 1.165) is 0 Å². The molecule has 1 aromatic carbocycles. The molecule has 1 aromatic rings. The zero-order chi connectivity index (χ0) is 9.90. The third-order valence-electron chi connectivity index (χ3n) is 1.42. The Morgan fingerprint density at radius 1 is 1.31 bits per heavy atom. The summed E-state index contributed by atoms with van der Waals surface area (Å²) in [4.78, 5) is 0.153. The Morgan fingerprint density at radius 2 is 1.85 bits per heavy atom. The van der Waals surface area contributed by atoms with E-state index in [1.165, 1.54) is 30.5 Å². The van der Waals surface area contributed by atoms with Crippen LogP contribution in [0.15, 0.2) is 33.6 Å². The Balaban J connectivity index is 3.17. The van der Waals surface area contributed by atoms with Crippen LogP contribution in [-0.4, -0.2) is 14.6 Å². The van der Waals surface area contributed by atoms with Gasteiger partial charge >= 0.3 is 0 Å². The monoisotopic (exact) mass is 198 g/mol. The predicted octanol–water partition coefficient (Wildman–Crippen LogP) is 1.05. The fourth-order valence-electron chi connectivity index (χ4n) is 0.839. The number of hydrogen-bond acceptors (Lipinski definition) is 3. The standard InChI is InChI=1S/C8H10N2O2S/c1-2-10-13(11,12)8-5-3-7(9)4-6-8/h2-6H,9H2,1H3. The van der Waals surface area contributed by atoms with Crippen LogP contribution in [0.2, 0.25) is 0 Å². The zero-order valence-electron chi connectivity index (χ0n) is 7.14. The molecule has 0 amide bonds. The summed E-state index contributed by atoms with van der Waals surface area (Å²) in [6.45, 7) is 1.55. The molecule has 0 aliphatic heterocycles. The lowest BCUT2D eigenvalue weighted by molar-refractivity contribution is 0.598. The average Bonchev–Trinajstić information content (AvgIpc) is 2.05.